The maximum absolute atomic E-state index is 14.0. The SMILES string of the molecule is O=C([C@@H]1C[C@@H](F)CN1c1nc2ccccc2o1)N1CCOCC1. The number of benzene rings is 1. The third kappa shape index (κ3) is 2.65. The van der Waals surface area contributed by atoms with Crippen molar-refractivity contribution in [2.75, 3.05) is 37.7 Å². The Morgan fingerprint density at radius 2 is 2.04 bits per heavy atom. The Bertz CT molecular complexity index is 680. The summed E-state index contributed by atoms with van der Waals surface area (Å²) in [7, 11) is 0. The molecule has 2 aliphatic rings. The van der Waals surface area contributed by atoms with Crippen molar-refractivity contribution in [1.29, 1.82) is 0 Å². The van der Waals surface area contributed by atoms with Gasteiger partial charge < -0.3 is 19.0 Å². The second kappa shape index (κ2) is 5.81. The Morgan fingerprint density at radius 1 is 1.26 bits per heavy atom. The summed E-state index contributed by atoms with van der Waals surface area (Å²) >= 11 is 0. The van der Waals surface area contributed by atoms with Gasteiger partial charge in [0.2, 0.25) is 5.91 Å². The summed E-state index contributed by atoms with van der Waals surface area (Å²) in [6.07, 6.45) is -0.880. The van der Waals surface area contributed by atoms with E-state index in [1.165, 1.54) is 0 Å². The molecule has 0 aliphatic carbocycles. The first-order valence-corrected chi connectivity index (χ1v) is 7.85. The standard InChI is InChI=1S/C16H18FN3O3/c17-11-9-13(15(21)19-5-7-22-8-6-19)20(10-11)16-18-12-3-1-2-4-14(12)23-16/h1-4,11,13H,5-10H2/t11-,13+/m1/s1. The second-order valence-corrected chi connectivity index (χ2v) is 5.90. The van der Waals surface area contributed by atoms with Crippen molar-refractivity contribution in [1.82, 2.24) is 9.88 Å². The van der Waals surface area contributed by atoms with Gasteiger partial charge in [-0.2, -0.15) is 4.98 Å². The van der Waals surface area contributed by atoms with Gasteiger partial charge in [-0.05, 0) is 12.1 Å². The molecular weight excluding hydrogens is 301 g/mol. The van der Waals surface area contributed by atoms with E-state index < -0.39 is 12.2 Å². The van der Waals surface area contributed by atoms with Gasteiger partial charge in [0.05, 0.1) is 19.8 Å². The zero-order chi connectivity index (χ0) is 15.8. The average Bonchev–Trinajstić information content (AvgIpc) is 3.18. The largest absolute Gasteiger partial charge is 0.423 e. The maximum atomic E-state index is 14.0. The summed E-state index contributed by atoms with van der Waals surface area (Å²) in [6, 6.07) is 7.13. The number of alkyl halides is 1. The van der Waals surface area contributed by atoms with Crippen LogP contribution in [0.5, 0.6) is 0 Å². The molecule has 0 saturated carbocycles. The number of amides is 1. The third-order valence-electron chi connectivity index (χ3n) is 4.39. The number of oxazole rings is 1. The van der Waals surface area contributed by atoms with Crippen molar-refractivity contribution in [3.05, 3.63) is 24.3 Å². The van der Waals surface area contributed by atoms with E-state index in [2.05, 4.69) is 4.98 Å². The second-order valence-electron chi connectivity index (χ2n) is 5.90. The topological polar surface area (TPSA) is 58.8 Å². The molecule has 2 atom stereocenters. The van der Waals surface area contributed by atoms with Crippen molar-refractivity contribution in [2.24, 2.45) is 0 Å². The predicted molar refractivity (Wildman–Crippen MR) is 82.1 cm³/mol. The van der Waals surface area contributed by atoms with Crippen molar-refractivity contribution in [3.8, 4) is 0 Å². The molecule has 0 bridgehead atoms. The smallest absolute Gasteiger partial charge is 0.299 e. The monoisotopic (exact) mass is 319 g/mol. The molecule has 2 aliphatic heterocycles. The minimum Gasteiger partial charge on any atom is -0.423 e. The van der Waals surface area contributed by atoms with E-state index in [9.17, 15) is 9.18 Å². The summed E-state index contributed by atoms with van der Waals surface area (Å²) in [5.41, 5.74) is 1.35. The molecule has 0 radical (unpaired) electrons. The van der Waals surface area contributed by atoms with Gasteiger partial charge in [0.15, 0.2) is 5.58 Å². The van der Waals surface area contributed by atoms with E-state index in [0.717, 1.165) is 0 Å². The third-order valence-corrected chi connectivity index (χ3v) is 4.39. The molecule has 4 rings (SSSR count). The van der Waals surface area contributed by atoms with Crippen LogP contribution in [-0.4, -0.2) is 60.9 Å². The van der Waals surface area contributed by atoms with Gasteiger partial charge in [-0.15, -0.1) is 0 Å². The van der Waals surface area contributed by atoms with Crippen LogP contribution in [0.4, 0.5) is 10.4 Å². The van der Waals surface area contributed by atoms with Crippen molar-refractivity contribution in [2.45, 2.75) is 18.6 Å². The number of para-hydroxylation sites is 2. The minimum atomic E-state index is -1.06. The quantitative estimate of drug-likeness (QED) is 0.841. The van der Waals surface area contributed by atoms with Gasteiger partial charge in [0.25, 0.3) is 6.01 Å². The molecule has 2 aromatic rings. The highest BCUT2D eigenvalue weighted by Gasteiger charge is 2.41. The minimum absolute atomic E-state index is 0.0734. The van der Waals surface area contributed by atoms with E-state index in [1.54, 1.807) is 9.80 Å². The van der Waals surface area contributed by atoms with Crippen LogP contribution in [0.25, 0.3) is 11.1 Å². The van der Waals surface area contributed by atoms with Crippen molar-refractivity contribution in [3.63, 3.8) is 0 Å². The lowest BCUT2D eigenvalue weighted by atomic mass is 10.1. The molecule has 1 aromatic heterocycles. The van der Waals surface area contributed by atoms with E-state index in [4.69, 9.17) is 9.15 Å². The molecule has 2 fully saturated rings. The predicted octanol–water partition coefficient (Wildman–Crippen LogP) is 1.60. The molecule has 0 N–H and O–H groups in total. The Hall–Kier alpha value is -2.15. The number of hydrogen-bond acceptors (Lipinski definition) is 5. The number of carbonyl (C=O) groups is 1. The number of ether oxygens (including phenoxy) is 1. The normalized spacial score (nSPS) is 25.3. The Morgan fingerprint density at radius 3 is 2.83 bits per heavy atom. The Balaban J connectivity index is 1.61. The fourth-order valence-corrected chi connectivity index (χ4v) is 3.21. The summed E-state index contributed by atoms with van der Waals surface area (Å²) in [6.45, 7) is 2.29. The zero-order valence-corrected chi connectivity index (χ0v) is 12.7. The van der Waals surface area contributed by atoms with E-state index >= 15 is 0 Å². The number of fused-ring (bicyclic) bond motifs is 1. The first-order chi connectivity index (χ1) is 11.2. The zero-order valence-electron chi connectivity index (χ0n) is 12.7. The van der Waals surface area contributed by atoms with Crippen LogP contribution in [0.2, 0.25) is 0 Å². The number of aromatic nitrogens is 1. The molecular formula is C16H18FN3O3. The van der Waals surface area contributed by atoms with Crippen molar-refractivity contribution < 1.29 is 18.3 Å². The van der Waals surface area contributed by atoms with Crippen LogP contribution < -0.4 is 4.90 Å². The van der Waals surface area contributed by atoms with E-state index in [0.29, 0.717) is 43.4 Å². The fraction of sp³-hybridized carbons (Fsp3) is 0.500. The van der Waals surface area contributed by atoms with Crippen molar-refractivity contribution >= 4 is 23.0 Å². The molecule has 0 unspecified atom stereocenters. The lowest BCUT2D eigenvalue weighted by Crippen LogP contribution is -2.49. The Kier molecular flexibility index (Phi) is 3.65. The molecule has 1 aromatic carbocycles. The van der Waals surface area contributed by atoms with Crippen LogP contribution in [0.1, 0.15) is 6.42 Å². The van der Waals surface area contributed by atoms with Crippen LogP contribution >= 0.6 is 0 Å². The van der Waals surface area contributed by atoms with Crippen LogP contribution in [-0.2, 0) is 9.53 Å². The van der Waals surface area contributed by atoms with Gasteiger partial charge in [0.1, 0.15) is 17.7 Å². The molecule has 2 saturated heterocycles. The Labute approximate surface area is 132 Å². The number of hydrogen-bond donors (Lipinski definition) is 0. The van der Waals surface area contributed by atoms with Gasteiger partial charge >= 0.3 is 0 Å². The summed E-state index contributed by atoms with van der Waals surface area (Å²) in [5.74, 6) is -0.0734. The number of morpholine rings is 1. The lowest BCUT2D eigenvalue weighted by molar-refractivity contribution is -0.136. The molecule has 7 heteroatoms. The number of nitrogens with zero attached hydrogens (tertiary/aromatic N) is 3. The first kappa shape index (κ1) is 14.4. The number of rotatable bonds is 2. The molecule has 6 nitrogen and oxygen atoms in total. The number of anilines is 1. The molecule has 0 spiro atoms. The van der Waals surface area contributed by atoms with Crippen LogP contribution in [0.3, 0.4) is 0 Å². The van der Waals surface area contributed by atoms with Gasteiger partial charge in [-0.1, -0.05) is 12.1 Å². The van der Waals surface area contributed by atoms with E-state index in [-0.39, 0.29) is 18.9 Å². The van der Waals surface area contributed by atoms with Crippen LogP contribution in [0.15, 0.2) is 28.7 Å². The molecule has 3 heterocycles. The number of halogens is 1. The summed E-state index contributed by atoms with van der Waals surface area (Å²) in [5, 5.41) is 0. The summed E-state index contributed by atoms with van der Waals surface area (Å²) in [4.78, 5) is 20.5. The highest BCUT2D eigenvalue weighted by atomic mass is 19.1. The fourth-order valence-electron chi connectivity index (χ4n) is 3.21. The average molecular weight is 319 g/mol. The molecule has 122 valence electrons. The maximum Gasteiger partial charge on any atom is 0.299 e. The van der Waals surface area contributed by atoms with Gasteiger partial charge in [-0.3, -0.25) is 4.79 Å². The van der Waals surface area contributed by atoms with Gasteiger partial charge in [0, 0.05) is 19.5 Å². The van der Waals surface area contributed by atoms with Crippen LogP contribution in [0, 0.1) is 0 Å². The highest BCUT2D eigenvalue weighted by Crippen LogP contribution is 2.30. The lowest BCUT2D eigenvalue weighted by Gasteiger charge is -2.31. The highest BCUT2D eigenvalue weighted by molar-refractivity contribution is 5.86. The van der Waals surface area contributed by atoms with Gasteiger partial charge in [-0.25, -0.2) is 4.39 Å². The van der Waals surface area contributed by atoms with E-state index in [1.807, 2.05) is 24.3 Å². The molecule has 23 heavy (non-hydrogen) atoms. The summed E-state index contributed by atoms with van der Waals surface area (Å²) < 4.78 is 25.0. The number of carbonyl (C=O) groups excluding carboxylic acids is 1. The first-order valence-electron chi connectivity index (χ1n) is 7.85. The molecule has 1 amide bonds.